The number of aromatic nitrogens is 4. The summed E-state index contributed by atoms with van der Waals surface area (Å²) in [5.74, 6) is 0.723. The van der Waals surface area contributed by atoms with E-state index in [1.54, 1.807) is 19.2 Å². The molecule has 0 bridgehead atoms. The molecule has 4 rings (SSSR count). The highest BCUT2D eigenvalue weighted by atomic mass is 16.5. The molecule has 0 N–H and O–H groups in total. The van der Waals surface area contributed by atoms with Crippen LogP contribution in [0.5, 0.6) is 0 Å². The van der Waals surface area contributed by atoms with Gasteiger partial charge in [-0.3, -0.25) is 9.78 Å². The van der Waals surface area contributed by atoms with Crippen LogP contribution in [-0.4, -0.2) is 56.5 Å². The van der Waals surface area contributed by atoms with Crippen LogP contribution in [0, 0.1) is 12.8 Å². The zero-order valence-corrected chi connectivity index (χ0v) is 14.7. The van der Waals surface area contributed by atoms with E-state index in [1.807, 2.05) is 29.6 Å². The normalized spacial score (nSPS) is 18.0. The fraction of sp³-hybridized carbons (Fsp3) is 0.368. The fourth-order valence-corrected chi connectivity index (χ4v) is 3.39. The first-order valence-electron chi connectivity index (χ1n) is 8.78. The molecule has 4 heterocycles. The Morgan fingerprint density at radius 1 is 1.27 bits per heavy atom. The van der Waals surface area contributed by atoms with Crippen molar-refractivity contribution < 1.29 is 9.53 Å². The van der Waals surface area contributed by atoms with Gasteiger partial charge in [-0.15, -0.1) is 0 Å². The lowest BCUT2D eigenvalue weighted by atomic mass is 10.0. The summed E-state index contributed by atoms with van der Waals surface area (Å²) >= 11 is 0. The van der Waals surface area contributed by atoms with E-state index in [0.717, 1.165) is 17.6 Å². The van der Waals surface area contributed by atoms with Crippen molar-refractivity contribution in [2.24, 2.45) is 5.92 Å². The Labute approximate surface area is 151 Å². The van der Waals surface area contributed by atoms with E-state index in [9.17, 15) is 4.79 Å². The number of ether oxygens (including phenoxy) is 1. The summed E-state index contributed by atoms with van der Waals surface area (Å²) < 4.78 is 7.81. The molecule has 0 unspecified atom stereocenters. The quantitative estimate of drug-likeness (QED) is 0.719. The summed E-state index contributed by atoms with van der Waals surface area (Å²) in [4.78, 5) is 27.5. The third kappa shape index (κ3) is 3.43. The van der Waals surface area contributed by atoms with Crippen molar-refractivity contribution in [3.05, 3.63) is 60.2 Å². The number of carbonyl (C=O) groups is 1. The van der Waals surface area contributed by atoms with Crippen LogP contribution in [-0.2, 0) is 11.2 Å². The fourth-order valence-electron chi connectivity index (χ4n) is 3.39. The van der Waals surface area contributed by atoms with Gasteiger partial charge in [0.15, 0.2) is 0 Å². The van der Waals surface area contributed by atoms with E-state index in [4.69, 9.17) is 4.74 Å². The minimum atomic E-state index is -0.0696. The van der Waals surface area contributed by atoms with Crippen LogP contribution in [0.2, 0.25) is 0 Å². The topological polar surface area (TPSA) is 72.6 Å². The summed E-state index contributed by atoms with van der Waals surface area (Å²) in [6.45, 7) is 4.15. The van der Waals surface area contributed by atoms with Crippen molar-refractivity contribution in [2.45, 2.75) is 13.3 Å². The van der Waals surface area contributed by atoms with Gasteiger partial charge in [-0.25, -0.2) is 9.97 Å². The molecule has 7 heteroatoms. The summed E-state index contributed by atoms with van der Waals surface area (Å²) in [7, 11) is 0. The average Bonchev–Trinajstić information content (AvgIpc) is 3.01. The van der Waals surface area contributed by atoms with Crippen LogP contribution in [0.15, 0.2) is 43.0 Å². The number of hydrogen-bond donors (Lipinski definition) is 0. The van der Waals surface area contributed by atoms with E-state index in [1.165, 1.54) is 0 Å². The van der Waals surface area contributed by atoms with Crippen molar-refractivity contribution >= 4 is 11.4 Å². The number of carbonyl (C=O) groups excluding carboxylic acids is 1. The van der Waals surface area contributed by atoms with Crippen molar-refractivity contribution in [1.82, 2.24) is 24.3 Å². The SMILES string of the molecule is Cc1nccc(C(=O)N2CCOC[C@H](Cc3nccn4cccc34)C2)n1. The lowest BCUT2D eigenvalue weighted by molar-refractivity contribution is 0.0731. The molecule has 1 saturated heterocycles. The van der Waals surface area contributed by atoms with Gasteiger partial charge in [0.1, 0.15) is 11.5 Å². The van der Waals surface area contributed by atoms with E-state index >= 15 is 0 Å². The highest BCUT2D eigenvalue weighted by molar-refractivity contribution is 5.92. The molecular weight excluding hydrogens is 330 g/mol. The molecule has 3 aromatic rings. The minimum absolute atomic E-state index is 0.0696. The number of fused-ring (bicyclic) bond motifs is 1. The van der Waals surface area contributed by atoms with Crippen LogP contribution < -0.4 is 0 Å². The summed E-state index contributed by atoms with van der Waals surface area (Å²) in [6, 6.07) is 5.74. The minimum Gasteiger partial charge on any atom is -0.379 e. The number of rotatable bonds is 3. The van der Waals surface area contributed by atoms with E-state index < -0.39 is 0 Å². The molecule has 1 aliphatic heterocycles. The summed E-state index contributed by atoms with van der Waals surface area (Å²) in [5.41, 5.74) is 2.56. The lowest BCUT2D eigenvalue weighted by Crippen LogP contribution is -2.37. The number of amides is 1. The predicted molar refractivity (Wildman–Crippen MR) is 95.9 cm³/mol. The molecule has 0 radical (unpaired) electrons. The molecule has 1 atom stereocenters. The number of hydrogen-bond acceptors (Lipinski definition) is 5. The maximum absolute atomic E-state index is 12.8. The first kappa shape index (κ1) is 16.7. The molecule has 0 spiro atoms. The summed E-state index contributed by atoms with van der Waals surface area (Å²) in [6.07, 6.45) is 8.15. The zero-order chi connectivity index (χ0) is 17.9. The smallest absolute Gasteiger partial charge is 0.272 e. The van der Waals surface area contributed by atoms with Crippen molar-refractivity contribution in [3.8, 4) is 0 Å². The Bertz CT molecular complexity index is 923. The largest absolute Gasteiger partial charge is 0.379 e. The monoisotopic (exact) mass is 351 g/mol. The van der Waals surface area contributed by atoms with E-state index in [2.05, 4.69) is 25.4 Å². The molecule has 7 nitrogen and oxygen atoms in total. The molecule has 0 saturated carbocycles. The maximum atomic E-state index is 12.8. The Balaban J connectivity index is 1.52. The van der Waals surface area contributed by atoms with E-state index in [0.29, 0.717) is 37.8 Å². The second-order valence-corrected chi connectivity index (χ2v) is 6.56. The molecule has 3 aromatic heterocycles. The van der Waals surface area contributed by atoms with Gasteiger partial charge in [0.05, 0.1) is 24.4 Å². The van der Waals surface area contributed by atoms with Gasteiger partial charge in [-0.05, 0) is 31.5 Å². The maximum Gasteiger partial charge on any atom is 0.272 e. The highest BCUT2D eigenvalue weighted by Gasteiger charge is 2.25. The molecule has 0 aliphatic carbocycles. The molecule has 26 heavy (non-hydrogen) atoms. The van der Waals surface area contributed by atoms with Crippen molar-refractivity contribution in [3.63, 3.8) is 0 Å². The van der Waals surface area contributed by atoms with Gasteiger partial charge in [-0.1, -0.05) is 0 Å². The predicted octanol–water partition coefficient (Wildman–Crippen LogP) is 1.76. The van der Waals surface area contributed by atoms with Gasteiger partial charge >= 0.3 is 0 Å². The van der Waals surface area contributed by atoms with Gasteiger partial charge < -0.3 is 14.0 Å². The third-order valence-electron chi connectivity index (χ3n) is 4.63. The Hall–Kier alpha value is -2.80. The number of aryl methyl sites for hydroxylation is 1. The van der Waals surface area contributed by atoms with Gasteiger partial charge in [0.25, 0.3) is 5.91 Å². The standard InChI is InChI=1S/C19H21N5O2/c1-14-20-5-4-16(22-14)19(25)24-9-10-26-13-15(12-24)11-17-18-3-2-7-23(18)8-6-21-17/h2-8,15H,9-13H2,1H3/t15-/m1/s1. The molecule has 1 aliphatic rings. The van der Waals surface area contributed by atoms with Crippen LogP contribution >= 0.6 is 0 Å². The molecule has 134 valence electrons. The average molecular weight is 351 g/mol. The second-order valence-electron chi connectivity index (χ2n) is 6.56. The Morgan fingerprint density at radius 3 is 3.08 bits per heavy atom. The van der Waals surface area contributed by atoms with Crippen LogP contribution in [0.25, 0.3) is 5.52 Å². The number of nitrogens with zero attached hydrogens (tertiary/aromatic N) is 5. The van der Waals surface area contributed by atoms with Gasteiger partial charge in [-0.2, -0.15) is 0 Å². The second kappa shape index (κ2) is 7.21. The van der Waals surface area contributed by atoms with Crippen LogP contribution in [0.1, 0.15) is 22.0 Å². The first-order chi connectivity index (χ1) is 12.7. The molecule has 0 aromatic carbocycles. The zero-order valence-electron chi connectivity index (χ0n) is 14.7. The molecule has 1 fully saturated rings. The van der Waals surface area contributed by atoms with Crippen LogP contribution in [0.3, 0.4) is 0 Å². The Morgan fingerprint density at radius 2 is 2.19 bits per heavy atom. The van der Waals surface area contributed by atoms with Crippen molar-refractivity contribution in [1.29, 1.82) is 0 Å². The molecular formula is C19H21N5O2. The lowest BCUT2D eigenvalue weighted by Gasteiger charge is -2.23. The summed E-state index contributed by atoms with van der Waals surface area (Å²) in [5, 5.41) is 0. The first-order valence-corrected chi connectivity index (χ1v) is 8.78. The highest BCUT2D eigenvalue weighted by Crippen LogP contribution is 2.18. The van der Waals surface area contributed by atoms with Crippen molar-refractivity contribution in [2.75, 3.05) is 26.3 Å². The van der Waals surface area contributed by atoms with Crippen LogP contribution in [0.4, 0.5) is 0 Å². The van der Waals surface area contributed by atoms with E-state index in [-0.39, 0.29) is 11.8 Å². The van der Waals surface area contributed by atoms with Gasteiger partial charge in [0.2, 0.25) is 0 Å². The third-order valence-corrected chi connectivity index (χ3v) is 4.63. The molecule has 1 amide bonds. The Kier molecular flexibility index (Phi) is 4.62. The van der Waals surface area contributed by atoms with Gasteiger partial charge in [0, 0.05) is 43.8 Å².